The van der Waals surface area contributed by atoms with Crippen LogP contribution in [0.1, 0.15) is 5.56 Å². The molecule has 1 heterocycles. The van der Waals surface area contributed by atoms with Gasteiger partial charge in [-0.3, -0.25) is 4.79 Å². The summed E-state index contributed by atoms with van der Waals surface area (Å²) in [5, 5.41) is 5.85. The van der Waals surface area contributed by atoms with Crippen molar-refractivity contribution in [2.75, 3.05) is 13.6 Å². The molecule has 0 saturated heterocycles. The molecular formula is C14H16F3N3O. The molecule has 114 valence electrons. The summed E-state index contributed by atoms with van der Waals surface area (Å²) in [5.74, 6) is -0.663. The van der Waals surface area contributed by atoms with E-state index in [9.17, 15) is 18.0 Å². The molecule has 0 spiro atoms. The maximum Gasteiger partial charge on any atom is 0.405 e. The summed E-state index contributed by atoms with van der Waals surface area (Å²) in [6, 6.07) is 7.60. The summed E-state index contributed by atoms with van der Waals surface area (Å²) in [7, 11) is 1.85. The quantitative estimate of drug-likeness (QED) is 0.887. The Morgan fingerprint density at radius 1 is 1.29 bits per heavy atom. The lowest BCUT2D eigenvalue weighted by molar-refractivity contribution is -0.138. The molecule has 0 bridgehead atoms. The number of hydrogen-bond acceptors (Lipinski definition) is 2. The van der Waals surface area contributed by atoms with E-state index in [4.69, 9.17) is 0 Å². The predicted molar refractivity (Wildman–Crippen MR) is 73.8 cm³/mol. The lowest BCUT2D eigenvalue weighted by Crippen LogP contribution is -2.35. The summed E-state index contributed by atoms with van der Waals surface area (Å²) in [6.07, 6.45) is -2.70. The van der Waals surface area contributed by atoms with E-state index in [1.807, 2.05) is 36.6 Å². The van der Waals surface area contributed by atoms with Crippen molar-refractivity contribution < 1.29 is 18.0 Å². The lowest BCUT2D eigenvalue weighted by Gasteiger charge is -2.10. The molecule has 0 aliphatic carbocycles. The fourth-order valence-electron chi connectivity index (χ4n) is 2.11. The first kappa shape index (κ1) is 15.4. The Morgan fingerprint density at radius 2 is 2.05 bits per heavy atom. The maximum absolute atomic E-state index is 12.0. The number of hydrogen-bond donors (Lipinski definition) is 2. The minimum absolute atomic E-state index is 0.134. The van der Waals surface area contributed by atoms with Crippen LogP contribution in [0.5, 0.6) is 0 Å². The highest BCUT2D eigenvalue weighted by Crippen LogP contribution is 2.18. The highest BCUT2D eigenvalue weighted by atomic mass is 19.4. The Hall–Kier alpha value is -2.02. The Bertz CT molecular complexity index is 634. The molecule has 1 aromatic heterocycles. The molecule has 0 aliphatic rings. The van der Waals surface area contributed by atoms with E-state index in [2.05, 4.69) is 5.32 Å². The Balaban J connectivity index is 2.07. The molecule has 0 radical (unpaired) electrons. The second-order valence-corrected chi connectivity index (χ2v) is 4.76. The van der Waals surface area contributed by atoms with Crippen molar-refractivity contribution in [3.8, 4) is 0 Å². The SMILES string of the molecule is CNCc1ccc2c(ccn2CC(=O)NCC(F)(F)F)c1. The summed E-state index contributed by atoms with van der Waals surface area (Å²) < 4.78 is 37.7. The molecule has 0 aliphatic heterocycles. The second kappa shape index (κ2) is 6.17. The Morgan fingerprint density at radius 3 is 2.71 bits per heavy atom. The second-order valence-electron chi connectivity index (χ2n) is 4.76. The fourth-order valence-corrected chi connectivity index (χ4v) is 2.11. The molecule has 7 heteroatoms. The van der Waals surface area contributed by atoms with Gasteiger partial charge < -0.3 is 15.2 Å². The van der Waals surface area contributed by atoms with Gasteiger partial charge in [0.25, 0.3) is 0 Å². The topological polar surface area (TPSA) is 46.1 Å². The van der Waals surface area contributed by atoms with E-state index < -0.39 is 18.6 Å². The van der Waals surface area contributed by atoms with Crippen LogP contribution in [0.3, 0.4) is 0 Å². The summed E-state index contributed by atoms with van der Waals surface area (Å²) >= 11 is 0. The van der Waals surface area contributed by atoms with E-state index in [1.165, 1.54) is 0 Å². The van der Waals surface area contributed by atoms with E-state index in [1.54, 1.807) is 10.8 Å². The van der Waals surface area contributed by atoms with E-state index in [0.29, 0.717) is 0 Å². The molecule has 2 N–H and O–H groups in total. The number of nitrogens with zero attached hydrogens (tertiary/aromatic N) is 1. The summed E-state index contributed by atoms with van der Waals surface area (Å²) in [4.78, 5) is 11.5. The molecule has 21 heavy (non-hydrogen) atoms. The summed E-state index contributed by atoms with van der Waals surface area (Å²) in [5.41, 5.74) is 1.92. The summed E-state index contributed by atoms with van der Waals surface area (Å²) in [6.45, 7) is -0.713. The van der Waals surface area contributed by atoms with Gasteiger partial charge in [0.15, 0.2) is 0 Å². The van der Waals surface area contributed by atoms with Crippen molar-refractivity contribution in [1.82, 2.24) is 15.2 Å². The maximum atomic E-state index is 12.0. The highest BCUT2D eigenvalue weighted by Gasteiger charge is 2.27. The van der Waals surface area contributed by atoms with Crippen LogP contribution < -0.4 is 10.6 Å². The van der Waals surface area contributed by atoms with Crippen molar-refractivity contribution in [2.45, 2.75) is 19.3 Å². The van der Waals surface area contributed by atoms with Gasteiger partial charge in [-0.2, -0.15) is 13.2 Å². The zero-order chi connectivity index (χ0) is 15.5. The zero-order valence-corrected chi connectivity index (χ0v) is 11.5. The minimum Gasteiger partial charge on any atom is -0.345 e. The standard InChI is InChI=1S/C14H16F3N3O/c1-18-7-10-2-3-12-11(6-10)4-5-20(12)8-13(21)19-9-14(15,16)17/h2-6,18H,7-9H2,1H3,(H,19,21). The number of benzene rings is 1. The number of nitrogens with one attached hydrogen (secondary N) is 2. The number of carbonyl (C=O) groups is 1. The van der Waals surface area contributed by atoms with Gasteiger partial charge in [0, 0.05) is 18.3 Å². The van der Waals surface area contributed by atoms with Gasteiger partial charge in [-0.1, -0.05) is 6.07 Å². The first-order valence-corrected chi connectivity index (χ1v) is 6.45. The number of carbonyl (C=O) groups excluding carboxylic acids is 1. The van der Waals surface area contributed by atoms with Gasteiger partial charge in [0.2, 0.25) is 5.91 Å². The third kappa shape index (κ3) is 4.22. The van der Waals surface area contributed by atoms with Crippen LogP contribution in [0.15, 0.2) is 30.5 Å². The van der Waals surface area contributed by atoms with Gasteiger partial charge in [-0.05, 0) is 36.2 Å². The Labute approximate surface area is 119 Å². The molecule has 1 aromatic carbocycles. The smallest absolute Gasteiger partial charge is 0.345 e. The molecule has 1 amide bonds. The minimum atomic E-state index is -4.39. The largest absolute Gasteiger partial charge is 0.405 e. The van der Waals surface area contributed by atoms with Crippen LogP contribution in [0.4, 0.5) is 13.2 Å². The van der Waals surface area contributed by atoms with Crippen LogP contribution in [0.2, 0.25) is 0 Å². The predicted octanol–water partition coefficient (Wildman–Crippen LogP) is 2.04. The van der Waals surface area contributed by atoms with Crippen LogP contribution in [0.25, 0.3) is 10.9 Å². The lowest BCUT2D eigenvalue weighted by atomic mass is 10.1. The van der Waals surface area contributed by atoms with Gasteiger partial charge in [0.1, 0.15) is 13.1 Å². The van der Waals surface area contributed by atoms with E-state index in [-0.39, 0.29) is 6.54 Å². The average molecular weight is 299 g/mol. The Kier molecular flexibility index (Phi) is 4.52. The average Bonchev–Trinajstić information content (AvgIpc) is 2.79. The van der Waals surface area contributed by atoms with Crippen molar-refractivity contribution >= 4 is 16.8 Å². The molecule has 0 fully saturated rings. The van der Waals surface area contributed by atoms with Crippen molar-refractivity contribution in [3.63, 3.8) is 0 Å². The van der Waals surface area contributed by atoms with Gasteiger partial charge in [-0.15, -0.1) is 0 Å². The number of alkyl halides is 3. The van der Waals surface area contributed by atoms with E-state index >= 15 is 0 Å². The number of aromatic nitrogens is 1. The molecule has 0 atom stereocenters. The first-order valence-electron chi connectivity index (χ1n) is 6.45. The van der Waals surface area contributed by atoms with Gasteiger partial charge in [0.05, 0.1) is 0 Å². The third-order valence-electron chi connectivity index (χ3n) is 3.02. The zero-order valence-electron chi connectivity index (χ0n) is 11.5. The number of amides is 1. The van der Waals surface area contributed by atoms with Gasteiger partial charge >= 0.3 is 6.18 Å². The van der Waals surface area contributed by atoms with E-state index in [0.717, 1.165) is 23.0 Å². The van der Waals surface area contributed by atoms with Crippen LogP contribution in [0, 0.1) is 0 Å². The fraction of sp³-hybridized carbons (Fsp3) is 0.357. The van der Waals surface area contributed by atoms with Crippen molar-refractivity contribution in [1.29, 1.82) is 0 Å². The third-order valence-corrected chi connectivity index (χ3v) is 3.02. The molecule has 2 aromatic rings. The number of halogens is 3. The van der Waals surface area contributed by atoms with Crippen molar-refractivity contribution in [3.05, 3.63) is 36.0 Å². The molecular weight excluding hydrogens is 283 g/mol. The molecule has 0 unspecified atom stereocenters. The highest BCUT2D eigenvalue weighted by molar-refractivity contribution is 5.83. The van der Waals surface area contributed by atoms with Gasteiger partial charge in [-0.25, -0.2) is 0 Å². The number of fused-ring (bicyclic) bond motifs is 1. The van der Waals surface area contributed by atoms with Crippen LogP contribution >= 0.6 is 0 Å². The molecule has 0 saturated carbocycles. The first-order chi connectivity index (χ1) is 9.89. The molecule has 4 nitrogen and oxygen atoms in total. The normalized spacial score (nSPS) is 11.8. The number of rotatable bonds is 5. The molecule has 2 rings (SSSR count). The van der Waals surface area contributed by atoms with Crippen LogP contribution in [-0.2, 0) is 17.9 Å². The monoisotopic (exact) mass is 299 g/mol. The van der Waals surface area contributed by atoms with Crippen LogP contribution in [-0.4, -0.2) is 30.2 Å². The van der Waals surface area contributed by atoms with Crippen molar-refractivity contribution in [2.24, 2.45) is 0 Å².